The maximum Gasteiger partial charge on any atom is 0.276 e. The molecule has 2 aromatic heterocycles. The molecule has 7 nitrogen and oxygen atoms in total. The molecular weight excluding hydrogens is 362 g/mol. The molecule has 0 radical (unpaired) electrons. The smallest absolute Gasteiger partial charge is 0.276 e. The van der Waals surface area contributed by atoms with E-state index in [1.165, 1.54) is 0 Å². The number of para-hydroxylation sites is 1. The van der Waals surface area contributed by atoms with Crippen LogP contribution in [0.25, 0.3) is 0 Å². The summed E-state index contributed by atoms with van der Waals surface area (Å²) in [6.07, 6.45) is -0.0174. The van der Waals surface area contributed by atoms with E-state index < -0.39 is 0 Å². The number of hydrogen-bond donors (Lipinski definition) is 1. The first-order valence-corrected chi connectivity index (χ1v) is 9.33. The lowest BCUT2D eigenvalue weighted by atomic mass is 10.3. The molecule has 0 bridgehead atoms. The Bertz CT molecular complexity index is 883. The van der Waals surface area contributed by atoms with Crippen molar-refractivity contribution in [1.82, 2.24) is 15.2 Å². The number of anilines is 2. The molecule has 3 aromatic rings. The van der Waals surface area contributed by atoms with Crippen molar-refractivity contribution in [3.63, 3.8) is 0 Å². The van der Waals surface area contributed by atoms with Crippen molar-refractivity contribution in [2.75, 3.05) is 24.4 Å². The van der Waals surface area contributed by atoms with Gasteiger partial charge in [-0.15, -0.1) is 21.5 Å². The molecule has 0 aliphatic carbocycles. The summed E-state index contributed by atoms with van der Waals surface area (Å²) in [4.78, 5) is 18.7. The van der Waals surface area contributed by atoms with E-state index in [4.69, 9.17) is 4.74 Å². The van der Waals surface area contributed by atoms with Crippen molar-refractivity contribution in [2.24, 2.45) is 0 Å². The first kappa shape index (κ1) is 18.9. The molecule has 1 amide bonds. The fourth-order valence-electron chi connectivity index (χ4n) is 2.37. The number of ether oxygens (including phenoxy) is 1. The predicted molar refractivity (Wildman–Crippen MR) is 106 cm³/mol. The molecule has 2 heterocycles. The Kier molecular flexibility index (Phi) is 6.10. The molecule has 1 aromatic carbocycles. The Balaban J connectivity index is 1.62. The van der Waals surface area contributed by atoms with Crippen LogP contribution in [0, 0.1) is 0 Å². The lowest BCUT2D eigenvalue weighted by molar-refractivity contribution is 0.102. The number of amides is 1. The van der Waals surface area contributed by atoms with Gasteiger partial charge in [-0.2, -0.15) is 0 Å². The molecule has 3 rings (SSSR count). The topological polar surface area (TPSA) is 80.2 Å². The highest BCUT2D eigenvalue weighted by molar-refractivity contribution is 7.09. The molecule has 1 atom stereocenters. The van der Waals surface area contributed by atoms with Crippen molar-refractivity contribution >= 4 is 28.7 Å². The first-order valence-electron chi connectivity index (χ1n) is 8.45. The van der Waals surface area contributed by atoms with Crippen LogP contribution in [0.1, 0.15) is 34.2 Å². The standard InChI is InChI=1S/C19H21N5O2S/c1-13(26-3)19-21-15(12-27-19)11-24(2)17-10-9-16(22-23-17)18(25)20-14-7-5-4-6-8-14/h4-10,12-13H,11H2,1-3H3,(H,20,25). The van der Waals surface area contributed by atoms with Gasteiger partial charge in [0.05, 0.1) is 12.2 Å². The highest BCUT2D eigenvalue weighted by Crippen LogP contribution is 2.21. The second-order valence-corrected chi connectivity index (χ2v) is 6.90. The molecule has 0 fully saturated rings. The van der Waals surface area contributed by atoms with Crippen LogP contribution in [-0.2, 0) is 11.3 Å². The van der Waals surface area contributed by atoms with Crippen LogP contribution < -0.4 is 10.2 Å². The van der Waals surface area contributed by atoms with Gasteiger partial charge in [0.2, 0.25) is 0 Å². The van der Waals surface area contributed by atoms with Crippen LogP contribution >= 0.6 is 11.3 Å². The van der Waals surface area contributed by atoms with Gasteiger partial charge < -0.3 is 15.0 Å². The number of aromatic nitrogens is 3. The van der Waals surface area contributed by atoms with E-state index in [1.54, 1.807) is 30.6 Å². The summed E-state index contributed by atoms with van der Waals surface area (Å²) in [5.41, 5.74) is 1.92. The van der Waals surface area contributed by atoms with Crippen molar-refractivity contribution in [2.45, 2.75) is 19.6 Å². The normalized spacial score (nSPS) is 11.8. The Labute approximate surface area is 162 Å². The first-order chi connectivity index (χ1) is 13.1. The van der Waals surface area contributed by atoms with Crippen LogP contribution in [0.4, 0.5) is 11.5 Å². The lowest BCUT2D eigenvalue weighted by Gasteiger charge is -2.16. The fraction of sp³-hybridized carbons (Fsp3) is 0.263. The van der Waals surface area contributed by atoms with E-state index in [0.717, 1.165) is 16.4 Å². The number of nitrogens with one attached hydrogen (secondary N) is 1. The van der Waals surface area contributed by atoms with Crippen LogP contribution in [-0.4, -0.2) is 35.2 Å². The van der Waals surface area contributed by atoms with Crippen LogP contribution in [0.15, 0.2) is 47.8 Å². The Morgan fingerprint density at radius 2 is 2.00 bits per heavy atom. The molecular formula is C19H21N5O2S. The highest BCUT2D eigenvalue weighted by Gasteiger charge is 2.13. The number of hydrogen-bond acceptors (Lipinski definition) is 7. The average Bonchev–Trinajstić information content (AvgIpc) is 3.16. The molecule has 0 spiro atoms. The third kappa shape index (κ3) is 4.87. The molecule has 0 saturated heterocycles. The summed E-state index contributed by atoms with van der Waals surface area (Å²) in [5, 5.41) is 13.9. The Hall–Kier alpha value is -2.84. The van der Waals surface area contributed by atoms with Crippen molar-refractivity contribution in [3.05, 3.63) is 64.2 Å². The van der Waals surface area contributed by atoms with Crippen LogP contribution in [0.2, 0.25) is 0 Å². The monoisotopic (exact) mass is 383 g/mol. The number of methoxy groups -OCH3 is 1. The van der Waals surface area contributed by atoms with Gasteiger partial charge in [0.15, 0.2) is 11.5 Å². The molecule has 8 heteroatoms. The fourth-order valence-corrected chi connectivity index (χ4v) is 3.22. The largest absolute Gasteiger partial charge is 0.375 e. The zero-order valence-corrected chi connectivity index (χ0v) is 16.2. The molecule has 0 aliphatic rings. The van der Waals surface area contributed by atoms with Gasteiger partial charge in [0.25, 0.3) is 5.91 Å². The summed E-state index contributed by atoms with van der Waals surface area (Å²) < 4.78 is 5.29. The number of carbonyl (C=O) groups excluding carboxylic acids is 1. The number of thiazole rings is 1. The minimum Gasteiger partial charge on any atom is -0.375 e. The summed E-state index contributed by atoms with van der Waals surface area (Å²) in [6, 6.07) is 12.7. The number of carbonyl (C=O) groups is 1. The zero-order valence-electron chi connectivity index (χ0n) is 15.4. The zero-order chi connectivity index (χ0) is 19.2. The van der Waals surface area contributed by atoms with Gasteiger partial charge in [0.1, 0.15) is 11.1 Å². The predicted octanol–water partition coefficient (Wildman–Crippen LogP) is 3.53. The third-order valence-corrected chi connectivity index (χ3v) is 5.03. The molecule has 27 heavy (non-hydrogen) atoms. The van der Waals surface area contributed by atoms with Crippen molar-refractivity contribution in [3.8, 4) is 0 Å². The second kappa shape index (κ2) is 8.70. The number of nitrogens with zero attached hydrogens (tertiary/aromatic N) is 4. The van der Waals surface area contributed by atoms with Gasteiger partial charge in [0, 0.05) is 25.2 Å². The van der Waals surface area contributed by atoms with Gasteiger partial charge >= 0.3 is 0 Å². The highest BCUT2D eigenvalue weighted by atomic mass is 32.1. The van der Waals surface area contributed by atoms with Gasteiger partial charge in [-0.3, -0.25) is 4.79 Å². The number of benzene rings is 1. The van der Waals surface area contributed by atoms with E-state index in [9.17, 15) is 4.79 Å². The average molecular weight is 383 g/mol. The summed E-state index contributed by atoms with van der Waals surface area (Å²) in [6.45, 7) is 2.56. The van der Waals surface area contributed by atoms with Gasteiger partial charge in [-0.25, -0.2) is 4.98 Å². The third-order valence-electron chi connectivity index (χ3n) is 3.98. The molecule has 1 N–H and O–H groups in total. The summed E-state index contributed by atoms with van der Waals surface area (Å²) in [7, 11) is 3.58. The maximum absolute atomic E-state index is 12.2. The Morgan fingerprint density at radius 1 is 1.22 bits per heavy atom. The van der Waals surface area contributed by atoms with Crippen molar-refractivity contribution in [1.29, 1.82) is 0 Å². The van der Waals surface area contributed by atoms with E-state index in [2.05, 4.69) is 20.5 Å². The Morgan fingerprint density at radius 3 is 2.67 bits per heavy atom. The summed E-state index contributed by atoms with van der Waals surface area (Å²) in [5.74, 6) is 0.376. The SMILES string of the molecule is COC(C)c1nc(CN(C)c2ccc(C(=O)Nc3ccccc3)nn2)cs1. The van der Waals surface area contributed by atoms with E-state index in [0.29, 0.717) is 12.4 Å². The van der Waals surface area contributed by atoms with Gasteiger partial charge in [-0.05, 0) is 31.2 Å². The minimum atomic E-state index is -0.291. The van der Waals surface area contributed by atoms with Crippen LogP contribution in [0.3, 0.4) is 0 Å². The van der Waals surface area contributed by atoms with Crippen molar-refractivity contribution < 1.29 is 9.53 Å². The second-order valence-electron chi connectivity index (χ2n) is 6.01. The van der Waals surface area contributed by atoms with E-state index in [-0.39, 0.29) is 17.7 Å². The number of rotatable bonds is 7. The lowest BCUT2D eigenvalue weighted by Crippen LogP contribution is -2.20. The van der Waals surface area contributed by atoms with Gasteiger partial charge in [-0.1, -0.05) is 18.2 Å². The maximum atomic E-state index is 12.2. The molecule has 1 unspecified atom stereocenters. The quantitative estimate of drug-likeness (QED) is 0.672. The molecule has 0 saturated carbocycles. The van der Waals surface area contributed by atoms with E-state index >= 15 is 0 Å². The molecule has 140 valence electrons. The summed E-state index contributed by atoms with van der Waals surface area (Å²) >= 11 is 1.57. The minimum absolute atomic E-state index is 0.0174. The molecule has 0 aliphatic heterocycles. The van der Waals surface area contributed by atoms with E-state index in [1.807, 2.05) is 54.6 Å². The van der Waals surface area contributed by atoms with Crippen LogP contribution in [0.5, 0.6) is 0 Å².